The van der Waals surface area contributed by atoms with E-state index in [1.165, 1.54) is 0 Å². The number of fused-ring (bicyclic) bond motifs is 2. The third kappa shape index (κ3) is 11.9. The third-order valence-corrected chi connectivity index (χ3v) is 12.3. The molecule has 67 heavy (non-hydrogen) atoms. The second-order valence-electron chi connectivity index (χ2n) is 17.0. The lowest BCUT2D eigenvalue weighted by Crippen LogP contribution is -2.46. The van der Waals surface area contributed by atoms with E-state index in [1.807, 2.05) is 53.7 Å². The van der Waals surface area contributed by atoms with Crippen molar-refractivity contribution in [2.45, 2.75) is 65.3 Å². The standard InChI is InChI=1S/C24H29FN6O2.C12H12BrFN2O.C12H18N4O/c1-14(2)21-24(33)29-22-17(28-21)6-5-16(20(22)25)13-30-9-11-31(12-10-30)19-8-7-18(23(32)26-4)27-15(19)3;1-6(2)10-12(17)16-11-8(15-10)4-3-7(5-13)9(11)14;1-9-11(16-7-5-14-6-8-16)4-3-10(15-9)12(17)13-2/h5-8,14H,9-13H2,1-4H3,(H,26,32)(H,29,33);3-4,6H,5H2,1-2H3,(H,16,17);3-4,14H,5-8H2,1-2H3,(H,13,17). The number of carbonyl (C=O) groups is 2. The van der Waals surface area contributed by atoms with Gasteiger partial charge in [0.15, 0.2) is 11.6 Å². The lowest BCUT2D eigenvalue weighted by molar-refractivity contribution is 0.0950. The van der Waals surface area contributed by atoms with Gasteiger partial charge in [0.25, 0.3) is 22.9 Å². The highest BCUT2D eigenvalue weighted by Gasteiger charge is 2.23. The number of nitrogens with zero attached hydrogens (tertiary/aromatic N) is 7. The number of amides is 2. The first-order valence-corrected chi connectivity index (χ1v) is 23.5. The average Bonchev–Trinajstić information content (AvgIpc) is 3.32. The van der Waals surface area contributed by atoms with Gasteiger partial charge in [-0.05, 0) is 50.2 Å². The van der Waals surface area contributed by atoms with Gasteiger partial charge in [0.1, 0.15) is 33.8 Å². The van der Waals surface area contributed by atoms with Crippen molar-refractivity contribution in [2.24, 2.45) is 0 Å². The molecule has 2 fully saturated rings. The summed E-state index contributed by atoms with van der Waals surface area (Å²) in [5, 5.41) is 8.89. The molecule has 0 unspecified atom stereocenters. The van der Waals surface area contributed by atoms with Crippen LogP contribution < -0.4 is 36.9 Å². The molecule has 0 spiro atoms. The molecule has 0 atom stereocenters. The maximum Gasteiger partial charge on any atom is 0.270 e. The number of piperazine rings is 2. The Hall–Kier alpha value is -6.18. The largest absolute Gasteiger partial charge is 0.368 e. The minimum Gasteiger partial charge on any atom is -0.368 e. The molecule has 2 aliphatic heterocycles. The molecule has 16 nitrogen and oxygen atoms in total. The zero-order valence-electron chi connectivity index (χ0n) is 39.2. The lowest BCUT2D eigenvalue weighted by atomic mass is 10.1. The molecule has 0 saturated carbocycles. The van der Waals surface area contributed by atoms with Crippen LogP contribution in [0.3, 0.4) is 0 Å². The van der Waals surface area contributed by atoms with E-state index < -0.39 is 11.6 Å². The Bertz CT molecular complexity index is 2860. The number of H-pyrrole nitrogens is 2. The van der Waals surface area contributed by atoms with E-state index >= 15 is 4.39 Å². The fourth-order valence-electron chi connectivity index (χ4n) is 7.94. The molecule has 8 rings (SSSR count). The van der Waals surface area contributed by atoms with Crippen LogP contribution in [-0.4, -0.2) is 113 Å². The van der Waals surface area contributed by atoms with Gasteiger partial charge in [-0.25, -0.2) is 28.7 Å². The number of alkyl halides is 1. The van der Waals surface area contributed by atoms with Crippen LogP contribution in [0.25, 0.3) is 22.1 Å². The number of benzene rings is 2. The Balaban J connectivity index is 0.000000183. The van der Waals surface area contributed by atoms with Crippen molar-refractivity contribution in [1.29, 1.82) is 0 Å². The number of nitrogens with one attached hydrogen (secondary N) is 5. The van der Waals surface area contributed by atoms with Gasteiger partial charge >= 0.3 is 0 Å². The van der Waals surface area contributed by atoms with E-state index in [0.717, 1.165) is 75.1 Å². The number of aromatic nitrogens is 6. The molecule has 19 heteroatoms. The van der Waals surface area contributed by atoms with E-state index in [4.69, 9.17) is 0 Å². The highest BCUT2D eigenvalue weighted by molar-refractivity contribution is 9.08. The van der Waals surface area contributed by atoms with Crippen LogP contribution in [0.15, 0.2) is 58.1 Å². The molecule has 6 aromatic rings. The summed E-state index contributed by atoms with van der Waals surface area (Å²) in [4.78, 5) is 76.6. The first-order valence-electron chi connectivity index (χ1n) is 22.4. The van der Waals surface area contributed by atoms with Crippen molar-refractivity contribution in [2.75, 3.05) is 76.3 Å². The second kappa shape index (κ2) is 22.5. The molecule has 5 N–H and O–H groups in total. The Morgan fingerprint density at radius 3 is 1.49 bits per heavy atom. The molecule has 4 aromatic heterocycles. The van der Waals surface area contributed by atoms with E-state index in [9.17, 15) is 23.6 Å². The quantitative estimate of drug-likeness (QED) is 0.109. The number of pyridine rings is 2. The molecular weight excluding hydrogens is 927 g/mol. The number of aromatic amines is 2. The molecule has 0 bridgehead atoms. The first-order chi connectivity index (χ1) is 32.0. The second-order valence-corrected chi connectivity index (χ2v) is 17.5. The summed E-state index contributed by atoms with van der Waals surface area (Å²) in [6.45, 7) is 18.9. The molecular formula is C48H59BrF2N12O4. The Labute approximate surface area is 396 Å². The minimum absolute atomic E-state index is 0.0158. The molecule has 356 valence electrons. The van der Waals surface area contributed by atoms with Crippen molar-refractivity contribution < 1.29 is 18.4 Å². The maximum atomic E-state index is 15.2. The SMILES string of the molecule is CC(C)c1nc2ccc(CBr)c(F)c2[nH]c1=O.CNC(=O)c1ccc(N2CCN(Cc3ccc4nc(C(C)C)c(=O)[nH]c4c3F)CC2)c(C)n1.CNC(=O)c1ccc(N2CCNCC2)c(C)n1. The monoisotopic (exact) mass is 984 g/mol. The zero-order chi connectivity index (χ0) is 48.5. The summed E-state index contributed by atoms with van der Waals surface area (Å²) < 4.78 is 29.1. The van der Waals surface area contributed by atoms with Crippen LogP contribution in [0.5, 0.6) is 0 Å². The summed E-state index contributed by atoms with van der Waals surface area (Å²) in [5.41, 5.74) is 7.25. The number of carbonyl (C=O) groups excluding carboxylic acids is 2. The average molecular weight is 986 g/mol. The van der Waals surface area contributed by atoms with Gasteiger partial charge in [-0.2, -0.15) is 0 Å². The van der Waals surface area contributed by atoms with Crippen molar-refractivity contribution in [3.05, 3.63) is 126 Å². The highest BCUT2D eigenvalue weighted by atomic mass is 79.9. The number of aryl methyl sites for hydroxylation is 2. The lowest BCUT2D eigenvalue weighted by Gasteiger charge is -2.36. The van der Waals surface area contributed by atoms with Gasteiger partial charge in [-0.15, -0.1) is 0 Å². The van der Waals surface area contributed by atoms with E-state index in [-0.39, 0.29) is 45.8 Å². The number of hydrogen-bond acceptors (Lipinski definition) is 12. The fraction of sp³-hybridized carbons (Fsp3) is 0.417. The van der Waals surface area contributed by atoms with Crippen molar-refractivity contribution in [1.82, 2.24) is 50.8 Å². The summed E-state index contributed by atoms with van der Waals surface area (Å²) in [6.07, 6.45) is 0. The van der Waals surface area contributed by atoms with Crippen molar-refractivity contribution in [3.8, 4) is 0 Å². The topological polar surface area (TPSA) is 197 Å². The summed E-state index contributed by atoms with van der Waals surface area (Å²) in [5.74, 6) is -1.19. The molecule has 2 aliphatic rings. The van der Waals surface area contributed by atoms with E-state index in [0.29, 0.717) is 56.8 Å². The first kappa shape index (κ1) is 50.2. The van der Waals surface area contributed by atoms with Crippen LogP contribution in [0.2, 0.25) is 0 Å². The Morgan fingerprint density at radius 1 is 0.642 bits per heavy atom. The predicted molar refractivity (Wildman–Crippen MR) is 263 cm³/mol. The minimum atomic E-state index is -0.417. The molecule has 6 heterocycles. The fourth-order valence-corrected chi connectivity index (χ4v) is 8.38. The van der Waals surface area contributed by atoms with Gasteiger partial charge in [-0.1, -0.05) is 55.8 Å². The van der Waals surface area contributed by atoms with Crippen molar-refractivity contribution >= 4 is 61.2 Å². The number of rotatable bonds is 9. The normalized spacial score (nSPS) is 14.2. The summed E-state index contributed by atoms with van der Waals surface area (Å²) in [6, 6.07) is 14.3. The predicted octanol–water partition coefficient (Wildman–Crippen LogP) is 5.81. The summed E-state index contributed by atoms with van der Waals surface area (Å²) in [7, 11) is 3.20. The van der Waals surface area contributed by atoms with Gasteiger partial charge in [0.05, 0.1) is 33.8 Å². The zero-order valence-corrected chi connectivity index (χ0v) is 40.8. The van der Waals surface area contributed by atoms with Crippen LogP contribution >= 0.6 is 15.9 Å². The number of hydrogen-bond donors (Lipinski definition) is 5. The Kier molecular flexibility index (Phi) is 16.9. The number of halogens is 3. The van der Waals surface area contributed by atoms with Gasteiger partial charge in [0.2, 0.25) is 0 Å². The van der Waals surface area contributed by atoms with Gasteiger partial charge in [0, 0.05) is 101 Å². The van der Waals surface area contributed by atoms with Gasteiger partial charge < -0.3 is 35.7 Å². The van der Waals surface area contributed by atoms with Crippen LogP contribution in [0, 0.1) is 25.5 Å². The van der Waals surface area contributed by atoms with Crippen LogP contribution in [0.1, 0.15) is 94.4 Å². The van der Waals surface area contributed by atoms with E-state index in [2.05, 4.69) is 76.5 Å². The van der Waals surface area contributed by atoms with Crippen molar-refractivity contribution in [3.63, 3.8) is 0 Å². The summed E-state index contributed by atoms with van der Waals surface area (Å²) >= 11 is 3.20. The van der Waals surface area contributed by atoms with E-state index in [1.54, 1.807) is 50.5 Å². The number of anilines is 2. The van der Waals surface area contributed by atoms with Gasteiger partial charge in [-0.3, -0.25) is 24.1 Å². The third-order valence-electron chi connectivity index (χ3n) is 11.7. The highest BCUT2D eigenvalue weighted by Crippen LogP contribution is 2.25. The molecule has 0 aliphatic carbocycles. The molecule has 2 amide bonds. The molecule has 2 aromatic carbocycles. The molecule has 2 saturated heterocycles. The Morgan fingerprint density at radius 2 is 1.07 bits per heavy atom. The maximum absolute atomic E-state index is 15.2. The van der Waals surface area contributed by atoms with Crippen LogP contribution in [-0.2, 0) is 11.9 Å². The molecule has 0 radical (unpaired) electrons. The van der Waals surface area contributed by atoms with Crippen LogP contribution in [0.4, 0.5) is 20.2 Å². The smallest absolute Gasteiger partial charge is 0.270 e.